The van der Waals surface area contributed by atoms with Crippen molar-refractivity contribution in [1.82, 2.24) is 4.72 Å². The van der Waals surface area contributed by atoms with Gasteiger partial charge in [-0.2, -0.15) is 16.8 Å². The van der Waals surface area contributed by atoms with Gasteiger partial charge in [-0.15, -0.1) is 0 Å². The summed E-state index contributed by atoms with van der Waals surface area (Å²) in [5.41, 5.74) is 0. The summed E-state index contributed by atoms with van der Waals surface area (Å²) in [6.45, 7) is 0. The van der Waals surface area contributed by atoms with Crippen LogP contribution in [0.1, 0.15) is 0 Å². The first-order valence-corrected chi connectivity index (χ1v) is 6.36. The second-order valence-electron chi connectivity index (χ2n) is 1.55. The van der Waals surface area contributed by atoms with Crippen molar-refractivity contribution in [2.45, 2.75) is 0 Å². The average molecular weight is 282 g/mol. The Kier molecular flexibility index (Phi) is 6.84. The maximum absolute atomic E-state index is 9.73. The summed E-state index contributed by atoms with van der Waals surface area (Å²) in [4.78, 5) is 18.5. The van der Waals surface area contributed by atoms with E-state index in [1.807, 2.05) is 0 Å². The minimum atomic E-state index is -4.07. The molecule has 4 N–H and O–H groups in total. The highest BCUT2D eigenvalue weighted by Gasteiger charge is 2.03. The van der Waals surface area contributed by atoms with E-state index in [2.05, 4.69) is 20.2 Å². The number of nitrogens with two attached hydrogens (primary N) is 1. The third kappa shape index (κ3) is 24.5. The van der Waals surface area contributed by atoms with E-state index in [-0.39, 0.29) is 0 Å². The van der Waals surface area contributed by atoms with Crippen molar-refractivity contribution in [2.75, 3.05) is 0 Å². The molecule has 0 unspecified atom stereocenters. The monoisotopic (exact) mass is 281 g/mol. The molecule has 1 amide bonds. The van der Waals surface area contributed by atoms with Crippen molar-refractivity contribution in [2.24, 2.45) is 9.54 Å². The van der Waals surface area contributed by atoms with Gasteiger partial charge < -0.3 is 5.11 Å². The minimum absolute atomic E-state index is 0.763. The Morgan fingerprint density at radius 2 is 1.80 bits per heavy atom. The highest BCUT2D eigenvalue weighted by molar-refractivity contribution is 8.12. The van der Waals surface area contributed by atoms with Gasteiger partial charge >= 0.3 is 25.5 Å². The molecule has 0 aromatic rings. The van der Waals surface area contributed by atoms with Gasteiger partial charge in [0.05, 0.1) is 0 Å². The number of hydrogen-bond donors (Lipinski definition) is 3. The molecular formula is C2H4ClN3O7S2. The largest absolute Gasteiger partial charge is 0.464 e. The van der Waals surface area contributed by atoms with Gasteiger partial charge in [0.2, 0.25) is 0 Å². The van der Waals surface area contributed by atoms with Crippen LogP contribution in [0.5, 0.6) is 0 Å². The number of carbonyl (C=O) groups is 1. The smallest absolute Gasteiger partial charge is 0.419 e. The van der Waals surface area contributed by atoms with E-state index in [4.69, 9.17) is 9.90 Å². The molecule has 0 aliphatic carbocycles. The fraction of sp³-hybridized carbons (Fsp3) is 0. The summed E-state index contributed by atoms with van der Waals surface area (Å²) in [5, 5.41) is 11.9. The van der Waals surface area contributed by atoms with Crippen molar-refractivity contribution in [3.05, 3.63) is 0 Å². The number of carboxylic acid groups (broad SMARTS) is 1. The maximum Gasteiger partial charge on any atom is 0.419 e. The Balaban J connectivity index is 0. The van der Waals surface area contributed by atoms with Gasteiger partial charge in [0.25, 0.3) is 6.08 Å². The number of amides is 1. The van der Waals surface area contributed by atoms with Crippen LogP contribution in [-0.2, 0) is 24.2 Å². The van der Waals surface area contributed by atoms with Gasteiger partial charge in [0.1, 0.15) is 0 Å². The Bertz CT molecular complexity index is 458. The van der Waals surface area contributed by atoms with Crippen LogP contribution in [0.2, 0.25) is 0 Å². The van der Waals surface area contributed by atoms with Crippen LogP contribution in [0, 0.1) is 0 Å². The average Bonchev–Trinajstić information content (AvgIpc) is 1.77. The third-order valence-electron chi connectivity index (χ3n) is 0.376. The number of rotatable bonds is 2. The Morgan fingerprint density at radius 1 is 1.40 bits per heavy atom. The lowest BCUT2D eigenvalue weighted by Crippen LogP contribution is -2.34. The first kappa shape index (κ1) is 16.2. The number of carbonyl (C=O) groups excluding carboxylic acids is 1. The Hall–Kier alpha value is -1.20. The first-order valence-electron chi connectivity index (χ1n) is 2.55. The molecule has 0 spiro atoms. The molecule has 0 aliphatic rings. The van der Waals surface area contributed by atoms with E-state index < -0.39 is 25.5 Å². The predicted molar refractivity (Wildman–Crippen MR) is 47.2 cm³/mol. The summed E-state index contributed by atoms with van der Waals surface area (Å²) in [5.74, 6) is 0. The second-order valence-corrected chi connectivity index (χ2v) is 5.02. The van der Waals surface area contributed by atoms with Crippen LogP contribution < -0.4 is 9.86 Å². The normalized spacial score (nSPS) is 10.3. The number of isocyanates is 1. The summed E-state index contributed by atoms with van der Waals surface area (Å²) >= 11 is 0. The summed E-state index contributed by atoms with van der Waals surface area (Å²) in [7, 11) is -3.70. The molecule has 88 valence electrons. The molecule has 0 saturated heterocycles. The van der Waals surface area contributed by atoms with E-state index in [1.165, 1.54) is 0 Å². The SMILES string of the molecule is NS(=O)(=O)NC(=O)O.O=C=NS(=O)(=O)Cl. The molecular weight excluding hydrogens is 278 g/mol. The summed E-state index contributed by atoms with van der Waals surface area (Å²) in [6, 6.07) is 0. The maximum atomic E-state index is 9.73. The minimum Gasteiger partial charge on any atom is -0.464 e. The lowest BCUT2D eigenvalue weighted by atomic mass is 11.3. The van der Waals surface area contributed by atoms with Gasteiger partial charge in [0.15, 0.2) is 0 Å². The highest BCUT2D eigenvalue weighted by Crippen LogP contribution is 1.93. The Morgan fingerprint density at radius 3 is 1.80 bits per heavy atom. The van der Waals surface area contributed by atoms with Crippen LogP contribution in [0.25, 0.3) is 0 Å². The molecule has 0 aliphatic heterocycles. The first-order chi connectivity index (χ1) is 6.48. The lowest BCUT2D eigenvalue weighted by Gasteiger charge is -1.91. The van der Waals surface area contributed by atoms with E-state index in [0.29, 0.717) is 0 Å². The second kappa shape index (κ2) is 6.31. The predicted octanol–water partition coefficient (Wildman–Crippen LogP) is -1.74. The van der Waals surface area contributed by atoms with Crippen LogP contribution in [0.3, 0.4) is 0 Å². The van der Waals surface area contributed by atoms with Crippen LogP contribution in [-0.4, -0.2) is 34.1 Å². The number of hydrogen-bond acceptors (Lipinski definition) is 6. The number of nitrogens with one attached hydrogen (secondary N) is 1. The van der Waals surface area contributed by atoms with Crippen LogP contribution in [0.4, 0.5) is 4.79 Å². The third-order valence-corrected chi connectivity index (χ3v) is 1.33. The van der Waals surface area contributed by atoms with Crippen molar-refractivity contribution in [3.8, 4) is 0 Å². The number of nitrogens with zero attached hydrogens (tertiary/aromatic N) is 1. The highest BCUT2D eigenvalue weighted by atomic mass is 35.7. The Labute approximate surface area is 88.5 Å². The van der Waals surface area contributed by atoms with E-state index >= 15 is 0 Å². The molecule has 0 radical (unpaired) electrons. The fourth-order valence-corrected chi connectivity index (χ4v) is 0.583. The molecule has 0 bridgehead atoms. The molecule has 13 heteroatoms. The molecule has 0 atom stereocenters. The van der Waals surface area contributed by atoms with Crippen molar-refractivity contribution in [3.63, 3.8) is 0 Å². The summed E-state index contributed by atoms with van der Waals surface area (Å²) in [6.07, 6.45) is -0.925. The molecule has 0 saturated carbocycles. The zero-order chi connectivity index (χ0) is 12.7. The summed E-state index contributed by atoms with van der Waals surface area (Å²) < 4.78 is 41.8. The molecule has 15 heavy (non-hydrogen) atoms. The van der Waals surface area contributed by atoms with Gasteiger partial charge in [-0.05, 0) is 0 Å². The van der Waals surface area contributed by atoms with Crippen molar-refractivity contribution < 1.29 is 31.5 Å². The molecule has 0 heterocycles. The quantitative estimate of drug-likeness (QED) is 0.306. The van der Waals surface area contributed by atoms with Crippen molar-refractivity contribution in [1.29, 1.82) is 0 Å². The van der Waals surface area contributed by atoms with Gasteiger partial charge in [0, 0.05) is 10.7 Å². The van der Waals surface area contributed by atoms with E-state index in [0.717, 1.165) is 10.8 Å². The van der Waals surface area contributed by atoms with E-state index in [9.17, 15) is 21.6 Å². The van der Waals surface area contributed by atoms with E-state index in [1.54, 1.807) is 0 Å². The zero-order valence-corrected chi connectivity index (χ0v) is 9.00. The molecule has 0 aromatic heterocycles. The van der Waals surface area contributed by atoms with Crippen molar-refractivity contribution >= 4 is 42.3 Å². The molecule has 0 rings (SSSR count). The van der Waals surface area contributed by atoms with Gasteiger partial charge in [-0.1, -0.05) is 4.40 Å². The standard InChI is InChI=1S/CClNO3S.CH4N2O4S/c2-7(5,6)3-1-4;2-8(6,7)3-1(4)5/h;3H,(H,4,5)(H2,2,6,7). The van der Waals surface area contributed by atoms with Crippen LogP contribution >= 0.6 is 10.7 Å². The number of halogens is 1. The van der Waals surface area contributed by atoms with Gasteiger partial charge in [-0.25, -0.2) is 19.5 Å². The lowest BCUT2D eigenvalue weighted by molar-refractivity contribution is 0.201. The fourth-order valence-electron chi connectivity index (χ4n) is 0.166. The van der Waals surface area contributed by atoms with Crippen LogP contribution in [0.15, 0.2) is 4.40 Å². The van der Waals surface area contributed by atoms with Gasteiger partial charge in [-0.3, -0.25) is 0 Å². The zero-order valence-electron chi connectivity index (χ0n) is 6.62. The molecule has 0 aromatic carbocycles. The topological polar surface area (TPSA) is 173 Å². The molecule has 0 fully saturated rings. The molecule has 10 nitrogen and oxygen atoms in total.